The Bertz CT molecular complexity index is 605. The van der Waals surface area contributed by atoms with Crippen LogP contribution in [0.1, 0.15) is 37.9 Å². The zero-order valence-corrected chi connectivity index (χ0v) is 12.7. The molecule has 0 saturated heterocycles. The van der Waals surface area contributed by atoms with E-state index >= 15 is 0 Å². The molecule has 1 aromatic carbocycles. The van der Waals surface area contributed by atoms with Crippen LogP contribution in [0, 0.1) is 0 Å². The maximum absolute atomic E-state index is 6.18. The maximum atomic E-state index is 6.18. The zero-order valence-electron chi connectivity index (χ0n) is 11.9. The molecule has 2 aromatic rings. The summed E-state index contributed by atoms with van der Waals surface area (Å²) < 4.78 is 0. The summed E-state index contributed by atoms with van der Waals surface area (Å²) in [5, 5.41) is 0.722. The highest BCUT2D eigenvalue weighted by Gasteiger charge is 2.18. The number of nitrogens with one attached hydrogen (secondary N) is 1. The number of aromatic nitrogens is 2. The van der Waals surface area contributed by atoms with Gasteiger partial charge in [0.05, 0.1) is 5.69 Å². The molecule has 0 bridgehead atoms. The van der Waals surface area contributed by atoms with E-state index in [0.717, 1.165) is 16.3 Å². The number of anilines is 1. The average molecular weight is 291 g/mol. The predicted molar refractivity (Wildman–Crippen MR) is 82.8 cm³/mol. The van der Waals surface area contributed by atoms with Crippen LogP contribution < -0.4 is 11.3 Å². The van der Waals surface area contributed by atoms with Crippen molar-refractivity contribution in [3.8, 4) is 0 Å². The van der Waals surface area contributed by atoms with Gasteiger partial charge in [0.25, 0.3) is 0 Å². The van der Waals surface area contributed by atoms with E-state index in [9.17, 15) is 0 Å². The van der Waals surface area contributed by atoms with Gasteiger partial charge in [-0.15, -0.1) is 0 Å². The molecule has 0 radical (unpaired) electrons. The number of nitrogen functional groups attached to an aromatic ring is 1. The van der Waals surface area contributed by atoms with E-state index in [0.29, 0.717) is 18.1 Å². The molecule has 0 spiro atoms. The monoisotopic (exact) mass is 290 g/mol. The summed E-state index contributed by atoms with van der Waals surface area (Å²) in [7, 11) is 0. The number of rotatable bonds is 3. The van der Waals surface area contributed by atoms with Gasteiger partial charge in [-0.05, 0) is 11.6 Å². The third-order valence-corrected chi connectivity index (χ3v) is 3.36. The van der Waals surface area contributed by atoms with E-state index in [2.05, 4.69) is 36.2 Å². The lowest BCUT2D eigenvalue weighted by molar-refractivity contribution is 0.563. The van der Waals surface area contributed by atoms with E-state index in [1.165, 1.54) is 0 Å². The molecule has 0 unspecified atom stereocenters. The third-order valence-electron chi connectivity index (χ3n) is 3.00. The van der Waals surface area contributed by atoms with Crippen molar-refractivity contribution in [1.29, 1.82) is 0 Å². The van der Waals surface area contributed by atoms with Crippen molar-refractivity contribution >= 4 is 17.4 Å². The van der Waals surface area contributed by atoms with Crippen LogP contribution in [0.15, 0.2) is 30.3 Å². The number of halogens is 1. The van der Waals surface area contributed by atoms with Crippen molar-refractivity contribution < 1.29 is 0 Å². The van der Waals surface area contributed by atoms with Crippen LogP contribution in [0.5, 0.6) is 0 Å². The molecule has 0 amide bonds. The van der Waals surface area contributed by atoms with E-state index in [1.807, 2.05) is 30.3 Å². The van der Waals surface area contributed by atoms with Crippen LogP contribution in [-0.2, 0) is 11.8 Å². The predicted octanol–water partition coefficient (Wildman–Crippen LogP) is 3.30. The minimum Gasteiger partial charge on any atom is -0.308 e. The van der Waals surface area contributed by atoms with Crippen molar-refractivity contribution in [2.24, 2.45) is 5.84 Å². The molecule has 1 aromatic heterocycles. The van der Waals surface area contributed by atoms with E-state index in [4.69, 9.17) is 17.4 Å². The largest absolute Gasteiger partial charge is 0.308 e. The molecule has 0 aliphatic carbocycles. The molecule has 106 valence electrons. The minimum atomic E-state index is -0.0657. The Balaban J connectivity index is 2.39. The molecule has 0 fully saturated rings. The summed E-state index contributed by atoms with van der Waals surface area (Å²) in [5.74, 6) is 6.81. The van der Waals surface area contributed by atoms with Gasteiger partial charge in [-0.1, -0.05) is 50.6 Å². The van der Waals surface area contributed by atoms with Gasteiger partial charge in [-0.3, -0.25) is 0 Å². The SMILES string of the molecule is CC(C)(C)c1cc(NN)nc(Cc2ccccc2Cl)n1. The molecule has 1 heterocycles. The summed E-state index contributed by atoms with van der Waals surface area (Å²) >= 11 is 6.18. The van der Waals surface area contributed by atoms with E-state index < -0.39 is 0 Å². The fourth-order valence-electron chi connectivity index (χ4n) is 1.85. The second kappa shape index (κ2) is 5.77. The van der Waals surface area contributed by atoms with Crippen LogP contribution in [-0.4, -0.2) is 9.97 Å². The second-order valence-corrected chi connectivity index (χ2v) is 6.12. The number of nitrogens with two attached hydrogens (primary N) is 1. The summed E-state index contributed by atoms with van der Waals surface area (Å²) in [4.78, 5) is 9.02. The Labute approximate surface area is 124 Å². The normalized spacial score (nSPS) is 11.4. The van der Waals surface area contributed by atoms with E-state index in [-0.39, 0.29) is 5.41 Å². The Morgan fingerprint density at radius 2 is 1.90 bits per heavy atom. The summed E-state index contributed by atoms with van der Waals surface area (Å²) in [6, 6.07) is 9.58. The Hall–Kier alpha value is -1.65. The van der Waals surface area contributed by atoms with Crippen molar-refractivity contribution in [2.75, 3.05) is 5.43 Å². The first-order chi connectivity index (χ1) is 9.40. The Morgan fingerprint density at radius 3 is 2.50 bits per heavy atom. The molecule has 20 heavy (non-hydrogen) atoms. The number of hydrogen-bond donors (Lipinski definition) is 2. The highest BCUT2D eigenvalue weighted by molar-refractivity contribution is 6.31. The summed E-state index contributed by atoms with van der Waals surface area (Å²) in [6.07, 6.45) is 0.582. The smallest absolute Gasteiger partial charge is 0.143 e. The van der Waals surface area contributed by atoms with Crippen LogP contribution >= 0.6 is 11.6 Å². The van der Waals surface area contributed by atoms with Crippen LogP contribution in [0.4, 0.5) is 5.82 Å². The lowest BCUT2D eigenvalue weighted by Gasteiger charge is -2.19. The number of hydrazine groups is 1. The first-order valence-electron chi connectivity index (χ1n) is 6.48. The number of nitrogens with zero attached hydrogens (tertiary/aromatic N) is 2. The van der Waals surface area contributed by atoms with Crippen LogP contribution in [0.25, 0.3) is 0 Å². The third kappa shape index (κ3) is 3.46. The van der Waals surface area contributed by atoms with Gasteiger partial charge in [-0.2, -0.15) is 0 Å². The lowest BCUT2D eigenvalue weighted by atomic mass is 9.92. The van der Waals surface area contributed by atoms with E-state index in [1.54, 1.807) is 0 Å². The number of benzene rings is 1. The van der Waals surface area contributed by atoms with Crippen molar-refractivity contribution in [1.82, 2.24) is 9.97 Å². The fourth-order valence-corrected chi connectivity index (χ4v) is 2.05. The highest BCUT2D eigenvalue weighted by Crippen LogP contribution is 2.24. The standard InChI is InChI=1S/C15H19ClN4/c1-15(2,3)12-9-14(20-17)19-13(18-12)8-10-6-4-5-7-11(10)16/h4-7,9H,8,17H2,1-3H3,(H,18,19,20). The quantitative estimate of drug-likeness (QED) is 0.672. The Morgan fingerprint density at radius 1 is 1.20 bits per heavy atom. The van der Waals surface area contributed by atoms with Gasteiger partial charge in [0.1, 0.15) is 11.6 Å². The zero-order chi connectivity index (χ0) is 14.8. The molecule has 4 nitrogen and oxygen atoms in total. The molecule has 0 saturated carbocycles. The van der Waals surface area contributed by atoms with Crippen molar-refractivity contribution in [3.63, 3.8) is 0 Å². The number of hydrogen-bond acceptors (Lipinski definition) is 4. The molecule has 2 rings (SSSR count). The van der Waals surface area contributed by atoms with Crippen molar-refractivity contribution in [2.45, 2.75) is 32.6 Å². The molecule has 0 aliphatic heterocycles. The fraction of sp³-hybridized carbons (Fsp3) is 0.333. The minimum absolute atomic E-state index is 0.0657. The van der Waals surface area contributed by atoms with Gasteiger partial charge in [0.2, 0.25) is 0 Å². The van der Waals surface area contributed by atoms with Gasteiger partial charge in [0, 0.05) is 22.9 Å². The van der Waals surface area contributed by atoms with Crippen LogP contribution in [0.3, 0.4) is 0 Å². The topological polar surface area (TPSA) is 63.8 Å². The molecule has 0 aliphatic rings. The molecular formula is C15H19ClN4. The molecule has 3 N–H and O–H groups in total. The average Bonchev–Trinajstić information content (AvgIpc) is 2.40. The summed E-state index contributed by atoms with van der Waals surface area (Å²) in [5.41, 5.74) is 4.48. The lowest BCUT2D eigenvalue weighted by Crippen LogP contribution is -2.18. The van der Waals surface area contributed by atoms with Crippen LogP contribution in [0.2, 0.25) is 5.02 Å². The van der Waals surface area contributed by atoms with Gasteiger partial charge in [0.15, 0.2) is 0 Å². The highest BCUT2D eigenvalue weighted by atomic mass is 35.5. The van der Waals surface area contributed by atoms with Gasteiger partial charge in [-0.25, -0.2) is 15.8 Å². The maximum Gasteiger partial charge on any atom is 0.143 e. The molecule has 0 atom stereocenters. The van der Waals surface area contributed by atoms with Crippen molar-refractivity contribution in [3.05, 3.63) is 52.4 Å². The van der Waals surface area contributed by atoms with Gasteiger partial charge < -0.3 is 5.43 Å². The summed E-state index contributed by atoms with van der Waals surface area (Å²) in [6.45, 7) is 6.32. The van der Waals surface area contributed by atoms with Gasteiger partial charge >= 0.3 is 0 Å². The first kappa shape index (κ1) is 14.8. The Kier molecular flexibility index (Phi) is 4.26. The molecule has 5 heteroatoms. The second-order valence-electron chi connectivity index (χ2n) is 5.72. The first-order valence-corrected chi connectivity index (χ1v) is 6.86. The molecular weight excluding hydrogens is 272 g/mol.